The van der Waals surface area contributed by atoms with E-state index in [1.165, 1.54) is 34.9 Å². The first-order valence-corrected chi connectivity index (χ1v) is 18.6. The van der Waals surface area contributed by atoms with Crippen molar-refractivity contribution in [2.75, 3.05) is 20.3 Å². The van der Waals surface area contributed by atoms with E-state index in [-0.39, 0.29) is 54.8 Å². The Morgan fingerprint density at radius 2 is 1.64 bits per heavy atom. The SMILES string of the molecule is COCn1nnnc1CC[C@H](NC(=O)OCc1ccccc1)C(=O)N1CCCC[C@H]1C(=O)N[C@@H](CC(=O)OC(C)(C)C)C(=O)COC(=O)c1c(Cl)cccc1Cl. The maximum absolute atomic E-state index is 14.3. The van der Waals surface area contributed by atoms with Crippen LogP contribution < -0.4 is 10.6 Å². The van der Waals surface area contributed by atoms with Gasteiger partial charge in [-0.3, -0.25) is 19.2 Å². The first kappa shape index (κ1) is 43.6. The number of hydrogen-bond donors (Lipinski definition) is 2. The van der Waals surface area contributed by atoms with Gasteiger partial charge < -0.3 is 34.5 Å². The summed E-state index contributed by atoms with van der Waals surface area (Å²) < 4.78 is 22.5. The molecule has 56 heavy (non-hydrogen) atoms. The van der Waals surface area contributed by atoms with Crippen molar-refractivity contribution in [3.05, 3.63) is 75.5 Å². The number of nitrogens with one attached hydrogen (secondary N) is 2. The largest absolute Gasteiger partial charge is 0.460 e. The van der Waals surface area contributed by atoms with Crippen LogP contribution in [-0.2, 0) is 57.9 Å². The summed E-state index contributed by atoms with van der Waals surface area (Å²) >= 11 is 12.2. The monoisotopic (exact) mass is 817 g/mol. The second-order valence-corrected chi connectivity index (χ2v) is 14.7. The number of tetrazole rings is 1. The van der Waals surface area contributed by atoms with Crippen molar-refractivity contribution < 1.29 is 47.7 Å². The van der Waals surface area contributed by atoms with Crippen molar-refractivity contribution in [2.24, 2.45) is 0 Å². The highest BCUT2D eigenvalue weighted by Crippen LogP contribution is 2.25. The van der Waals surface area contributed by atoms with Gasteiger partial charge in [-0.2, -0.15) is 0 Å². The highest BCUT2D eigenvalue weighted by atomic mass is 35.5. The minimum absolute atomic E-state index is 0.00129. The topological polar surface area (TPSA) is 210 Å². The van der Waals surface area contributed by atoms with Gasteiger partial charge >= 0.3 is 18.0 Å². The number of likely N-dealkylation sites (tertiary alicyclic amines) is 1. The third kappa shape index (κ3) is 13.0. The lowest BCUT2D eigenvalue weighted by molar-refractivity contribution is -0.157. The molecule has 2 aromatic carbocycles. The van der Waals surface area contributed by atoms with Gasteiger partial charge in [0.05, 0.1) is 22.0 Å². The number of hydrogen-bond acceptors (Lipinski definition) is 13. The number of aryl methyl sites for hydroxylation is 1. The average molecular weight is 819 g/mol. The number of carbonyl (C=O) groups is 6. The van der Waals surface area contributed by atoms with E-state index in [2.05, 4.69) is 26.2 Å². The van der Waals surface area contributed by atoms with Gasteiger partial charge in [0.15, 0.2) is 18.2 Å². The number of alkyl carbamates (subject to hydrolysis) is 1. The first-order valence-electron chi connectivity index (χ1n) is 17.8. The number of ether oxygens (including phenoxy) is 4. The van der Waals surface area contributed by atoms with Crippen molar-refractivity contribution in [3.8, 4) is 0 Å². The molecule has 1 aromatic heterocycles. The number of Topliss-reactive ketones (excluding diaryl/α,β-unsaturated/α-hetero) is 1. The minimum atomic E-state index is -1.51. The number of aromatic nitrogens is 4. The summed E-state index contributed by atoms with van der Waals surface area (Å²) in [7, 11) is 1.47. The van der Waals surface area contributed by atoms with Crippen molar-refractivity contribution in [1.29, 1.82) is 0 Å². The zero-order valence-electron chi connectivity index (χ0n) is 31.5. The molecule has 1 aliphatic heterocycles. The van der Waals surface area contributed by atoms with Crippen LogP contribution in [0.25, 0.3) is 0 Å². The molecule has 2 N–H and O–H groups in total. The average Bonchev–Trinajstić information content (AvgIpc) is 3.60. The van der Waals surface area contributed by atoms with E-state index < -0.39 is 72.4 Å². The number of methoxy groups -OCH3 is 1. The lowest BCUT2D eigenvalue weighted by Crippen LogP contribution is -2.59. The Morgan fingerprint density at radius 1 is 0.929 bits per heavy atom. The predicted octanol–water partition coefficient (Wildman–Crippen LogP) is 3.84. The van der Waals surface area contributed by atoms with Gasteiger partial charge in [0.2, 0.25) is 11.8 Å². The normalized spacial score (nSPS) is 15.2. The molecule has 1 aliphatic rings. The Labute approximate surface area is 333 Å². The van der Waals surface area contributed by atoms with Crippen molar-refractivity contribution in [2.45, 2.75) is 96.4 Å². The van der Waals surface area contributed by atoms with E-state index in [1.54, 1.807) is 45.0 Å². The van der Waals surface area contributed by atoms with Gasteiger partial charge in [0.1, 0.15) is 37.1 Å². The molecule has 3 atom stereocenters. The Kier molecular flexibility index (Phi) is 16.1. The molecule has 0 bridgehead atoms. The van der Waals surface area contributed by atoms with Crippen LogP contribution in [0.5, 0.6) is 0 Å². The molecule has 4 rings (SSSR count). The van der Waals surface area contributed by atoms with Crippen LogP contribution in [0.4, 0.5) is 4.79 Å². The summed E-state index contributed by atoms with van der Waals surface area (Å²) in [5.41, 5.74) is -0.337. The van der Waals surface area contributed by atoms with Crippen molar-refractivity contribution >= 4 is 58.8 Å². The number of piperidine rings is 1. The lowest BCUT2D eigenvalue weighted by Gasteiger charge is -2.37. The van der Waals surface area contributed by atoms with Crippen LogP contribution in [0.3, 0.4) is 0 Å². The minimum Gasteiger partial charge on any atom is -0.460 e. The van der Waals surface area contributed by atoms with Gasteiger partial charge in [-0.15, -0.1) is 5.10 Å². The summed E-state index contributed by atoms with van der Waals surface area (Å²) in [6.45, 7) is 4.22. The summed E-state index contributed by atoms with van der Waals surface area (Å²) in [6.07, 6.45) is 0.0232. The molecule has 17 nitrogen and oxygen atoms in total. The molecular formula is C37H45Cl2N7O10. The zero-order chi connectivity index (χ0) is 40.8. The van der Waals surface area contributed by atoms with Crippen LogP contribution in [0, 0.1) is 0 Å². The Hall–Kier alpha value is -5.13. The van der Waals surface area contributed by atoms with Crippen molar-refractivity contribution in [3.63, 3.8) is 0 Å². The van der Waals surface area contributed by atoms with E-state index in [1.807, 2.05) is 6.07 Å². The number of ketones is 1. The Balaban J connectivity index is 1.52. The fraction of sp³-hybridized carbons (Fsp3) is 0.486. The second-order valence-electron chi connectivity index (χ2n) is 13.8. The molecule has 1 saturated heterocycles. The maximum Gasteiger partial charge on any atom is 0.408 e. The van der Waals surface area contributed by atoms with E-state index in [0.29, 0.717) is 18.7 Å². The molecule has 3 aromatic rings. The third-order valence-electron chi connectivity index (χ3n) is 8.41. The third-order valence-corrected chi connectivity index (χ3v) is 9.04. The van der Waals surface area contributed by atoms with E-state index in [4.69, 9.17) is 42.1 Å². The standard InChI is InChI=1S/C37H45Cl2N7O10/c1-37(2,3)56-31(48)19-27(29(47)21-54-35(51)32-24(38)13-10-14-25(32)39)40-33(49)28-15-8-9-18-45(28)34(50)26(16-17-30-42-43-44-46(30)22-53-4)41-36(52)55-20-23-11-6-5-7-12-23/h5-7,10-14,26-28H,8-9,15-22H2,1-4H3,(H,40,49)(H,41,52)/t26-,27-,28-/m0/s1. The van der Waals surface area contributed by atoms with Gasteiger partial charge in [-0.1, -0.05) is 59.6 Å². The van der Waals surface area contributed by atoms with Gasteiger partial charge in [-0.25, -0.2) is 14.3 Å². The summed E-state index contributed by atoms with van der Waals surface area (Å²) in [4.78, 5) is 81.9. The second kappa shape index (κ2) is 20.7. The molecular weight excluding hydrogens is 773 g/mol. The highest BCUT2D eigenvalue weighted by Gasteiger charge is 2.38. The van der Waals surface area contributed by atoms with E-state index in [0.717, 1.165) is 5.56 Å². The number of benzene rings is 2. The van der Waals surface area contributed by atoms with E-state index >= 15 is 0 Å². The van der Waals surface area contributed by atoms with Crippen LogP contribution in [0.1, 0.15) is 74.6 Å². The highest BCUT2D eigenvalue weighted by molar-refractivity contribution is 6.39. The number of nitrogens with zero attached hydrogens (tertiary/aromatic N) is 5. The Morgan fingerprint density at radius 3 is 2.32 bits per heavy atom. The summed E-state index contributed by atoms with van der Waals surface area (Å²) in [6, 6.07) is 9.56. The Bertz CT molecular complexity index is 1830. The lowest BCUT2D eigenvalue weighted by atomic mass is 9.98. The summed E-state index contributed by atoms with van der Waals surface area (Å²) in [5, 5.41) is 16.8. The van der Waals surface area contributed by atoms with Gasteiger partial charge in [0.25, 0.3) is 0 Å². The molecule has 19 heteroatoms. The van der Waals surface area contributed by atoms with E-state index in [9.17, 15) is 28.8 Å². The predicted molar refractivity (Wildman–Crippen MR) is 200 cm³/mol. The van der Waals surface area contributed by atoms with Crippen LogP contribution in [0.15, 0.2) is 48.5 Å². The number of esters is 2. The van der Waals surface area contributed by atoms with Crippen LogP contribution >= 0.6 is 23.2 Å². The van der Waals surface area contributed by atoms with Gasteiger partial charge in [-0.05, 0) is 74.6 Å². The molecule has 0 saturated carbocycles. The fourth-order valence-electron chi connectivity index (χ4n) is 5.80. The number of rotatable bonds is 17. The number of amides is 3. The molecule has 302 valence electrons. The molecule has 2 heterocycles. The molecule has 0 spiro atoms. The first-order chi connectivity index (χ1) is 26.7. The molecule has 0 unspecified atom stereocenters. The zero-order valence-corrected chi connectivity index (χ0v) is 33.0. The van der Waals surface area contributed by atoms with Crippen LogP contribution in [-0.4, -0.2) is 105 Å². The molecule has 0 radical (unpaired) electrons. The molecule has 3 amide bonds. The fourth-order valence-corrected chi connectivity index (χ4v) is 6.35. The van der Waals surface area contributed by atoms with Crippen LogP contribution in [0.2, 0.25) is 10.0 Å². The maximum atomic E-state index is 14.3. The smallest absolute Gasteiger partial charge is 0.408 e. The molecule has 0 aliphatic carbocycles. The summed E-state index contributed by atoms with van der Waals surface area (Å²) in [5.74, 6) is -3.57. The van der Waals surface area contributed by atoms with Gasteiger partial charge in [0, 0.05) is 20.1 Å². The number of carbonyl (C=O) groups excluding carboxylic acids is 6. The van der Waals surface area contributed by atoms with Crippen molar-refractivity contribution in [1.82, 2.24) is 35.7 Å². The molecule has 1 fully saturated rings. The number of halogens is 2. The quantitative estimate of drug-likeness (QED) is 0.147.